The maximum absolute atomic E-state index is 5.27. The number of halogens is 2. The van der Waals surface area contributed by atoms with Gasteiger partial charge in [0.25, 0.3) is 0 Å². The third kappa shape index (κ3) is 2.57. The van der Waals surface area contributed by atoms with Gasteiger partial charge in [0.05, 0.1) is 6.10 Å². The van der Waals surface area contributed by atoms with Gasteiger partial charge in [-0.3, -0.25) is 0 Å². The minimum absolute atomic E-state index is 0.141. The Morgan fingerprint density at radius 2 is 2.25 bits per heavy atom. The Hall–Kier alpha value is 0.140. The van der Waals surface area contributed by atoms with E-state index in [9.17, 15) is 0 Å². The molecule has 0 heterocycles. The van der Waals surface area contributed by atoms with E-state index in [1.807, 2.05) is 12.1 Å². The Morgan fingerprint density at radius 1 is 1.50 bits per heavy atom. The minimum atomic E-state index is 0.141. The Balaban J connectivity index is 2.85. The molecule has 0 bridgehead atoms. The maximum Gasteiger partial charge on any atom is 0.0918 e. The zero-order valence-electron chi connectivity index (χ0n) is 6.76. The van der Waals surface area contributed by atoms with Crippen molar-refractivity contribution in [2.75, 3.05) is 12.4 Å². The first-order valence-electron chi connectivity index (χ1n) is 3.62. The molecule has 0 aliphatic rings. The molecule has 0 saturated carbocycles. The number of hydrogen-bond donors (Lipinski definition) is 0. The van der Waals surface area contributed by atoms with Crippen LogP contribution in [-0.4, -0.2) is 12.4 Å². The van der Waals surface area contributed by atoms with Gasteiger partial charge in [0.15, 0.2) is 0 Å². The first kappa shape index (κ1) is 10.2. The van der Waals surface area contributed by atoms with Gasteiger partial charge in [-0.1, -0.05) is 44.0 Å². The van der Waals surface area contributed by atoms with Gasteiger partial charge in [0.1, 0.15) is 0 Å². The number of methoxy groups -OCH3 is 1. The molecule has 0 radical (unpaired) electrons. The molecule has 0 amide bonds. The van der Waals surface area contributed by atoms with Crippen LogP contribution < -0.4 is 0 Å². The lowest BCUT2D eigenvalue weighted by Crippen LogP contribution is -2.01. The Labute approximate surface area is 89.4 Å². The lowest BCUT2D eigenvalue weighted by atomic mass is 10.1. The topological polar surface area (TPSA) is 9.23 Å². The summed E-state index contributed by atoms with van der Waals surface area (Å²) in [6.45, 7) is 0. The standard InChI is InChI=1S/C9H10Br2O/c1-12-9(6-10)7-3-2-4-8(11)5-7/h2-5,9H,6H2,1H3. The van der Waals surface area contributed by atoms with Crippen molar-refractivity contribution in [1.29, 1.82) is 0 Å². The van der Waals surface area contributed by atoms with E-state index in [0.29, 0.717) is 0 Å². The molecule has 1 aromatic rings. The molecular formula is C9H10Br2O. The first-order chi connectivity index (χ1) is 5.77. The molecule has 0 fully saturated rings. The molecule has 0 saturated heterocycles. The lowest BCUT2D eigenvalue weighted by molar-refractivity contribution is 0.124. The maximum atomic E-state index is 5.27. The van der Waals surface area contributed by atoms with Crippen LogP contribution in [0.2, 0.25) is 0 Å². The van der Waals surface area contributed by atoms with Crippen LogP contribution in [0.5, 0.6) is 0 Å². The molecule has 0 aliphatic carbocycles. The van der Waals surface area contributed by atoms with Crippen LogP contribution >= 0.6 is 31.9 Å². The Bertz CT molecular complexity index is 246. The smallest absolute Gasteiger partial charge is 0.0918 e. The van der Waals surface area contributed by atoms with Crippen LogP contribution in [0.4, 0.5) is 0 Å². The second kappa shape index (κ2) is 5.00. The molecule has 1 nitrogen and oxygen atoms in total. The van der Waals surface area contributed by atoms with Crippen LogP contribution in [0.25, 0.3) is 0 Å². The minimum Gasteiger partial charge on any atom is -0.376 e. The summed E-state index contributed by atoms with van der Waals surface area (Å²) in [6, 6.07) is 8.13. The van der Waals surface area contributed by atoms with E-state index in [1.165, 1.54) is 5.56 Å². The van der Waals surface area contributed by atoms with E-state index in [-0.39, 0.29) is 6.10 Å². The first-order valence-corrected chi connectivity index (χ1v) is 5.53. The van der Waals surface area contributed by atoms with E-state index >= 15 is 0 Å². The fraction of sp³-hybridized carbons (Fsp3) is 0.333. The summed E-state index contributed by atoms with van der Waals surface area (Å²) in [6.07, 6.45) is 0.141. The fourth-order valence-corrected chi connectivity index (χ4v) is 2.05. The van der Waals surface area contributed by atoms with E-state index in [1.54, 1.807) is 7.11 Å². The van der Waals surface area contributed by atoms with Crippen LogP contribution in [0.3, 0.4) is 0 Å². The van der Waals surface area contributed by atoms with Crippen molar-refractivity contribution in [2.45, 2.75) is 6.10 Å². The molecule has 1 aromatic carbocycles. The highest BCUT2D eigenvalue weighted by Crippen LogP contribution is 2.21. The quantitative estimate of drug-likeness (QED) is 0.775. The highest BCUT2D eigenvalue weighted by Gasteiger charge is 2.07. The van der Waals surface area contributed by atoms with Crippen molar-refractivity contribution in [3.8, 4) is 0 Å². The van der Waals surface area contributed by atoms with Gasteiger partial charge in [-0.25, -0.2) is 0 Å². The second-order valence-corrected chi connectivity index (χ2v) is 4.00. The Morgan fingerprint density at radius 3 is 2.75 bits per heavy atom. The van der Waals surface area contributed by atoms with Crippen molar-refractivity contribution in [3.63, 3.8) is 0 Å². The highest BCUT2D eigenvalue weighted by molar-refractivity contribution is 9.10. The van der Waals surface area contributed by atoms with Crippen LogP contribution in [-0.2, 0) is 4.74 Å². The van der Waals surface area contributed by atoms with Gasteiger partial charge < -0.3 is 4.74 Å². The number of alkyl halides is 1. The predicted octanol–water partition coefficient (Wildman–Crippen LogP) is 3.53. The number of rotatable bonds is 3. The molecule has 0 spiro atoms. The van der Waals surface area contributed by atoms with Crippen molar-refractivity contribution < 1.29 is 4.74 Å². The summed E-state index contributed by atoms with van der Waals surface area (Å²) >= 11 is 6.81. The van der Waals surface area contributed by atoms with E-state index in [4.69, 9.17) is 4.74 Å². The van der Waals surface area contributed by atoms with Crippen molar-refractivity contribution >= 4 is 31.9 Å². The zero-order valence-corrected chi connectivity index (χ0v) is 9.93. The SMILES string of the molecule is COC(CBr)c1cccc(Br)c1. The van der Waals surface area contributed by atoms with Crippen molar-refractivity contribution in [2.24, 2.45) is 0 Å². The van der Waals surface area contributed by atoms with E-state index in [0.717, 1.165) is 9.80 Å². The third-order valence-electron chi connectivity index (χ3n) is 1.65. The monoisotopic (exact) mass is 292 g/mol. The second-order valence-electron chi connectivity index (χ2n) is 2.43. The summed E-state index contributed by atoms with van der Waals surface area (Å²) in [5, 5.41) is 0.819. The molecule has 0 aliphatic heterocycles. The van der Waals surface area contributed by atoms with Gasteiger partial charge in [-0.15, -0.1) is 0 Å². The number of benzene rings is 1. The molecule has 1 atom stereocenters. The summed E-state index contributed by atoms with van der Waals surface area (Å²) in [5.41, 5.74) is 1.18. The van der Waals surface area contributed by atoms with Crippen molar-refractivity contribution in [3.05, 3.63) is 34.3 Å². The van der Waals surface area contributed by atoms with Crippen LogP contribution in [0, 0.1) is 0 Å². The number of ether oxygens (including phenoxy) is 1. The van der Waals surface area contributed by atoms with Crippen LogP contribution in [0.1, 0.15) is 11.7 Å². The van der Waals surface area contributed by atoms with Gasteiger partial charge in [-0.05, 0) is 17.7 Å². The summed E-state index contributed by atoms with van der Waals surface area (Å²) in [7, 11) is 1.72. The summed E-state index contributed by atoms with van der Waals surface area (Å²) in [4.78, 5) is 0. The number of hydrogen-bond acceptors (Lipinski definition) is 1. The summed E-state index contributed by atoms with van der Waals surface area (Å²) < 4.78 is 6.36. The molecule has 66 valence electrons. The van der Waals surface area contributed by atoms with Gasteiger partial charge in [0, 0.05) is 16.9 Å². The molecule has 3 heteroatoms. The molecule has 0 N–H and O–H groups in total. The Kier molecular flexibility index (Phi) is 4.26. The van der Waals surface area contributed by atoms with Gasteiger partial charge in [0.2, 0.25) is 0 Å². The average molecular weight is 294 g/mol. The predicted molar refractivity (Wildman–Crippen MR) is 57.7 cm³/mol. The molecule has 0 aromatic heterocycles. The molecular weight excluding hydrogens is 284 g/mol. The molecule has 1 unspecified atom stereocenters. The normalized spacial score (nSPS) is 12.9. The van der Waals surface area contributed by atoms with E-state index in [2.05, 4.69) is 44.0 Å². The van der Waals surface area contributed by atoms with E-state index < -0.39 is 0 Å². The summed E-state index contributed by atoms with van der Waals surface area (Å²) in [5.74, 6) is 0. The van der Waals surface area contributed by atoms with Crippen molar-refractivity contribution in [1.82, 2.24) is 0 Å². The van der Waals surface area contributed by atoms with Gasteiger partial charge in [-0.2, -0.15) is 0 Å². The third-order valence-corrected chi connectivity index (χ3v) is 2.73. The average Bonchev–Trinajstić information content (AvgIpc) is 2.07. The fourth-order valence-electron chi connectivity index (χ4n) is 0.995. The highest BCUT2D eigenvalue weighted by atomic mass is 79.9. The van der Waals surface area contributed by atoms with Crippen LogP contribution in [0.15, 0.2) is 28.7 Å². The largest absolute Gasteiger partial charge is 0.376 e. The molecule has 12 heavy (non-hydrogen) atoms. The lowest BCUT2D eigenvalue weighted by Gasteiger charge is -2.12. The zero-order chi connectivity index (χ0) is 8.97. The van der Waals surface area contributed by atoms with Gasteiger partial charge >= 0.3 is 0 Å². The molecule has 1 rings (SSSR count).